The first kappa shape index (κ1) is 22.9. The third-order valence-corrected chi connectivity index (χ3v) is 6.72. The number of piperidine rings is 1. The molecule has 3 heterocycles. The maximum absolute atomic E-state index is 14.0. The second-order valence-electron chi connectivity index (χ2n) is 9.10. The zero-order valence-corrected chi connectivity index (χ0v) is 18.8. The van der Waals surface area contributed by atoms with Crippen LogP contribution in [-0.2, 0) is 22.5 Å². The molecule has 0 bridgehead atoms. The number of aromatic nitrogens is 1. The number of benzene rings is 1. The Kier molecular flexibility index (Phi) is 8.24. The number of aryl methyl sites for hydroxylation is 1. The summed E-state index contributed by atoms with van der Waals surface area (Å²) in [6.45, 7) is 4.84. The molecule has 2 fully saturated rings. The van der Waals surface area contributed by atoms with Crippen LogP contribution in [0, 0.1) is 11.7 Å². The zero-order chi connectivity index (χ0) is 22.2. The smallest absolute Gasteiger partial charge is 0.222 e. The number of ether oxygens (including phenoxy) is 1. The third kappa shape index (κ3) is 6.59. The van der Waals surface area contributed by atoms with Crippen molar-refractivity contribution < 1.29 is 13.9 Å². The van der Waals surface area contributed by atoms with Gasteiger partial charge in [-0.2, -0.15) is 0 Å². The van der Waals surface area contributed by atoms with Crippen LogP contribution in [0.5, 0.6) is 0 Å². The number of likely N-dealkylation sites (tertiary alicyclic amines) is 1. The molecule has 5 nitrogen and oxygen atoms in total. The van der Waals surface area contributed by atoms with Crippen molar-refractivity contribution in [2.45, 2.75) is 51.2 Å². The summed E-state index contributed by atoms with van der Waals surface area (Å²) in [5, 5.41) is 0. The largest absolute Gasteiger partial charge is 0.376 e. The Balaban J connectivity index is 1.29. The number of halogens is 1. The van der Waals surface area contributed by atoms with Gasteiger partial charge in [0.15, 0.2) is 0 Å². The fourth-order valence-electron chi connectivity index (χ4n) is 4.78. The zero-order valence-electron chi connectivity index (χ0n) is 18.8. The highest BCUT2D eigenvalue weighted by atomic mass is 19.1. The fraction of sp³-hybridized carbons (Fsp3) is 0.538. The lowest BCUT2D eigenvalue weighted by molar-refractivity contribution is -0.133. The van der Waals surface area contributed by atoms with E-state index in [-0.39, 0.29) is 17.8 Å². The van der Waals surface area contributed by atoms with Gasteiger partial charge in [0.2, 0.25) is 5.91 Å². The highest BCUT2D eigenvalue weighted by molar-refractivity contribution is 5.76. The fourth-order valence-corrected chi connectivity index (χ4v) is 4.78. The molecule has 1 unspecified atom stereocenters. The van der Waals surface area contributed by atoms with Crippen LogP contribution >= 0.6 is 0 Å². The molecule has 0 saturated carbocycles. The van der Waals surface area contributed by atoms with Crippen LogP contribution in [0.3, 0.4) is 0 Å². The van der Waals surface area contributed by atoms with Gasteiger partial charge in [-0.1, -0.05) is 18.2 Å². The summed E-state index contributed by atoms with van der Waals surface area (Å²) in [5.41, 5.74) is 1.91. The Morgan fingerprint density at radius 1 is 1.09 bits per heavy atom. The van der Waals surface area contributed by atoms with E-state index < -0.39 is 0 Å². The van der Waals surface area contributed by atoms with Crippen LogP contribution in [0.25, 0.3) is 0 Å². The van der Waals surface area contributed by atoms with E-state index in [1.807, 2.05) is 29.2 Å². The van der Waals surface area contributed by atoms with E-state index in [2.05, 4.69) is 9.88 Å². The average Bonchev–Trinajstić information content (AvgIpc) is 3.34. The Labute approximate surface area is 190 Å². The summed E-state index contributed by atoms with van der Waals surface area (Å²) in [6, 6.07) is 11.0. The van der Waals surface area contributed by atoms with E-state index in [1.54, 1.807) is 18.5 Å². The van der Waals surface area contributed by atoms with Gasteiger partial charge in [0.05, 0.1) is 6.10 Å². The topological polar surface area (TPSA) is 45.7 Å². The highest BCUT2D eigenvalue weighted by Crippen LogP contribution is 2.23. The maximum Gasteiger partial charge on any atom is 0.222 e. The predicted octanol–water partition coefficient (Wildman–Crippen LogP) is 4.07. The van der Waals surface area contributed by atoms with Crippen molar-refractivity contribution in [2.75, 3.05) is 32.8 Å². The van der Waals surface area contributed by atoms with Crippen molar-refractivity contribution in [3.63, 3.8) is 0 Å². The Morgan fingerprint density at radius 2 is 1.88 bits per heavy atom. The molecule has 2 aliphatic heterocycles. The molecule has 1 atom stereocenters. The molecule has 2 saturated heterocycles. The van der Waals surface area contributed by atoms with Crippen LogP contribution in [0.4, 0.5) is 4.39 Å². The maximum atomic E-state index is 14.0. The molecule has 0 N–H and O–H groups in total. The lowest BCUT2D eigenvalue weighted by Crippen LogP contribution is -2.43. The molecule has 32 heavy (non-hydrogen) atoms. The van der Waals surface area contributed by atoms with E-state index in [4.69, 9.17) is 4.74 Å². The first-order valence-corrected chi connectivity index (χ1v) is 11.9. The second kappa shape index (κ2) is 11.5. The number of rotatable bonds is 9. The number of nitrogens with zero attached hydrogens (tertiary/aromatic N) is 3. The van der Waals surface area contributed by atoms with Gasteiger partial charge >= 0.3 is 0 Å². The first-order chi connectivity index (χ1) is 15.7. The number of hydrogen-bond acceptors (Lipinski definition) is 4. The Morgan fingerprint density at radius 3 is 2.59 bits per heavy atom. The van der Waals surface area contributed by atoms with Crippen molar-refractivity contribution in [1.29, 1.82) is 0 Å². The van der Waals surface area contributed by atoms with E-state index in [0.29, 0.717) is 25.4 Å². The van der Waals surface area contributed by atoms with Crippen LogP contribution in [0.15, 0.2) is 48.8 Å². The molecule has 2 aromatic rings. The highest BCUT2D eigenvalue weighted by Gasteiger charge is 2.27. The minimum Gasteiger partial charge on any atom is -0.376 e. The lowest BCUT2D eigenvalue weighted by atomic mass is 9.95. The molecular weight excluding hydrogens is 405 g/mol. The molecule has 1 aromatic carbocycles. The first-order valence-electron chi connectivity index (χ1n) is 11.9. The van der Waals surface area contributed by atoms with Gasteiger partial charge in [0, 0.05) is 50.6 Å². The normalized spacial score (nSPS) is 19.8. The predicted molar refractivity (Wildman–Crippen MR) is 123 cm³/mol. The SMILES string of the molecule is O=C(CCc1ccncc1)N(CC1CCN(Cc2ccccc2F)CC1)CC1CCCO1. The van der Waals surface area contributed by atoms with Crippen LogP contribution in [0.2, 0.25) is 0 Å². The van der Waals surface area contributed by atoms with Crippen molar-refractivity contribution in [3.8, 4) is 0 Å². The molecule has 1 aromatic heterocycles. The van der Waals surface area contributed by atoms with Crippen LogP contribution in [0.1, 0.15) is 43.2 Å². The van der Waals surface area contributed by atoms with Gasteiger partial charge in [0.25, 0.3) is 0 Å². The standard InChI is InChI=1S/C26H34FN3O2/c27-25-6-2-1-4-23(25)19-29-15-11-22(12-16-29)18-30(20-24-5-3-17-32-24)26(31)8-7-21-9-13-28-14-10-21/h1-2,4,6,9-10,13-14,22,24H,3,5,7-8,11-12,15-20H2. The summed E-state index contributed by atoms with van der Waals surface area (Å²) in [6.07, 6.45) is 9.17. The van der Waals surface area contributed by atoms with E-state index in [1.165, 1.54) is 6.07 Å². The lowest BCUT2D eigenvalue weighted by Gasteiger charge is -2.35. The number of amides is 1. The summed E-state index contributed by atoms with van der Waals surface area (Å²) in [5.74, 6) is 0.571. The van der Waals surface area contributed by atoms with Gasteiger partial charge in [0.1, 0.15) is 5.82 Å². The average molecular weight is 440 g/mol. The second-order valence-corrected chi connectivity index (χ2v) is 9.10. The van der Waals surface area contributed by atoms with Gasteiger partial charge in [-0.3, -0.25) is 14.7 Å². The van der Waals surface area contributed by atoms with E-state index in [0.717, 1.165) is 69.5 Å². The summed E-state index contributed by atoms with van der Waals surface area (Å²) in [4.78, 5) is 21.6. The van der Waals surface area contributed by atoms with Crippen LogP contribution < -0.4 is 0 Å². The molecule has 1 amide bonds. The molecule has 4 rings (SSSR count). The monoisotopic (exact) mass is 439 g/mol. The molecule has 6 heteroatoms. The summed E-state index contributed by atoms with van der Waals surface area (Å²) in [7, 11) is 0. The Hall–Kier alpha value is -2.31. The third-order valence-electron chi connectivity index (χ3n) is 6.72. The quantitative estimate of drug-likeness (QED) is 0.591. The summed E-state index contributed by atoms with van der Waals surface area (Å²) < 4.78 is 19.8. The van der Waals surface area contributed by atoms with Crippen molar-refractivity contribution in [1.82, 2.24) is 14.8 Å². The minimum atomic E-state index is -0.128. The number of pyridine rings is 1. The molecule has 0 aliphatic carbocycles. The minimum absolute atomic E-state index is 0.128. The molecule has 2 aliphatic rings. The molecule has 172 valence electrons. The molecule has 0 radical (unpaired) electrons. The van der Waals surface area contributed by atoms with E-state index >= 15 is 0 Å². The number of carbonyl (C=O) groups is 1. The summed E-state index contributed by atoms with van der Waals surface area (Å²) >= 11 is 0. The van der Waals surface area contributed by atoms with Crippen LogP contribution in [-0.4, -0.2) is 59.6 Å². The molecule has 0 spiro atoms. The van der Waals surface area contributed by atoms with Crippen molar-refractivity contribution in [2.24, 2.45) is 5.92 Å². The van der Waals surface area contributed by atoms with Gasteiger partial charge in [-0.25, -0.2) is 4.39 Å². The number of carbonyl (C=O) groups excluding carboxylic acids is 1. The van der Waals surface area contributed by atoms with Gasteiger partial charge in [-0.05, 0) is 74.9 Å². The van der Waals surface area contributed by atoms with Gasteiger partial charge in [-0.15, -0.1) is 0 Å². The van der Waals surface area contributed by atoms with E-state index in [9.17, 15) is 9.18 Å². The van der Waals surface area contributed by atoms with Gasteiger partial charge < -0.3 is 9.64 Å². The van der Waals surface area contributed by atoms with Crippen molar-refractivity contribution in [3.05, 3.63) is 65.7 Å². The molecular formula is C26H34FN3O2. The number of hydrogen-bond donors (Lipinski definition) is 0. The van der Waals surface area contributed by atoms with Crippen molar-refractivity contribution >= 4 is 5.91 Å². The Bertz CT molecular complexity index is 849.